The summed E-state index contributed by atoms with van der Waals surface area (Å²) in [5, 5.41) is 4.30. The van der Waals surface area contributed by atoms with Crippen LogP contribution in [-0.2, 0) is 12.3 Å². The maximum Gasteiger partial charge on any atom is 0.0237 e. The van der Waals surface area contributed by atoms with Crippen LogP contribution in [0.3, 0.4) is 0 Å². The standard InChI is InChI=1S/C26H33NS2/c1-5-27(16-8-6-7-15-26(2,3)4)20-24-11-9-12-25(19-24)22-28-17-10-13-23-14-18-29-21-23/h6,8-14,18-19,21H,5,16-17,20,22H2,1-4H3/b8-6+,13-10+. The molecule has 0 aliphatic heterocycles. The van der Waals surface area contributed by atoms with Crippen molar-refractivity contribution in [2.45, 2.75) is 40.0 Å². The molecule has 0 radical (unpaired) electrons. The average molecular weight is 424 g/mol. The predicted octanol–water partition coefficient (Wildman–Crippen LogP) is 7.12. The summed E-state index contributed by atoms with van der Waals surface area (Å²) in [5.74, 6) is 8.50. The van der Waals surface area contributed by atoms with E-state index in [9.17, 15) is 0 Å². The van der Waals surface area contributed by atoms with Gasteiger partial charge in [0.1, 0.15) is 0 Å². The lowest BCUT2D eigenvalue weighted by Gasteiger charge is -2.18. The Morgan fingerprint density at radius 1 is 1.14 bits per heavy atom. The molecule has 0 N–H and O–H groups in total. The Bertz CT molecular complexity index is 830. The zero-order valence-corrected chi connectivity index (χ0v) is 19.8. The second kappa shape index (κ2) is 12.8. The van der Waals surface area contributed by atoms with Gasteiger partial charge < -0.3 is 0 Å². The lowest BCUT2D eigenvalue weighted by atomic mass is 9.98. The molecule has 0 amide bonds. The molecule has 3 heteroatoms. The quantitative estimate of drug-likeness (QED) is 0.295. The van der Waals surface area contributed by atoms with Crippen molar-refractivity contribution < 1.29 is 0 Å². The summed E-state index contributed by atoms with van der Waals surface area (Å²) in [7, 11) is 0. The fourth-order valence-corrected chi connectivity index (χ4v) is 4.09. The number of hydrogen-bond donors (Lipinski definition) is 0. The van der Waals surface area contributed by atoms with Crippen LogP contribution in [0.4, 0.5) is 0 Å². The Balaban J connectivity index is 1.79. The summed E-state index contributed by atoms with van der Waals surface area (Å²) < 4.78 is 0. The van der Waals surface area contributed by atoms with Gasteiger partial charge in [-0.05, 0) is 66.9 Å². The first-order chi connectivity index (χ1) is 14.0. The van der Waals surface area contributed by atoms with Crippen molar-refractivity contribution in [1.29, 1.82) is 0 Å². The number of benzene rings is 1. The van der Waals surface area contributed by atoms with E-state index in [0.29, 0.717) is 0 Å². The predicted molar refractivity (Wildman–Crippen MR) is 133 cm³/mol. The van der Waals surface area contributed by atoms with Gasteiger partial charge in [0.2, 0.25) is 0 Å². The summed E-state index contributed by atoms with van der Waals surface area (Å²) in [6.45, 7) is 11.6. The highest BCUT2D eigenvalue weighted by molar-refractivity contribution is 7.98. The van der Waals surface area contributed by atoms with Crippen molar-refractivity contribution in [3.8, 4) is 11.8 Å². The summed E-state index contributed by atoms with van der Waals surface area (Å²) in [6, 6.07) is 11.2. The van der Waals surface area contributed by atoms with Crippen LogP contribution < -0.4 is 0 Å². The van der Waals surface area contributed by atoms with Gasteiger partial charge in [-0.3, -0.25) is 4.90 Å². The molecule has 154 valence electrons. The second-order valence-corrected chi connectivity index (χ2v) is 9.85. The zero-order valence-electron chi connectivity index (χ0n) is 18.2. The van der Waals surface area contributed by atoms with E-state index in [4.69, 9.17) is 0 Å². The van der Waals surface area contributed by atoms with Gasteiger partial charge in [-0.1, -0.05) is 61.3 Å². The van der Waals surface area contributed by atoms with Crippen LogP contribution in [0.2, 0.25) is 0 Å². The SMILES string of the molecule is CCN(C/C=C/C#CC(C)(C)C)Cc1cccc(CSC/C=C/c2ccsc2)c1. The van der Waals surface area contributed by atoms with Crippen molar-refractivity contribution in [3.63, 3.8) is 0 Å². The van der Waals surface area contributed by atoms with Gasteiger partial charge in [0, 0.05) is 30.0 Å². The molecule has 0 aliphatic carbocycles. The van der Waals surface area contributed by atoms with E-state index in [1.54, 1.807) is 11.3 Å². The number of likely N-dealkylation sites (N-methyl/N-ethyl adjacent to an activating group) is 1. The monoisotopic (exact) mass is 423 g/mol. The minimum atomic E-state index is 0.0624. The number of hydrogen-bond acceptors (Lipinski definition) is 3. The molecule has 1 nitrogen and oxygen atoms in total. The van der Waals surface area contributed by atoms with E-state index in [0.717, 1.165) is 31.1 Å². The van der Waals surface area contributed by atoms with Crippen molar-refractivity contribution in [2.75, 3.05) is 18.8 Å². The summed E-state index contributed by atoms with van der Waals surface area (Å²) in [4.78, 5) is 2.44. The van der Waals surface area contributed by atoms with Gasteiger partial charge in [0.15, 0.2) is 0 Å². The highest BCUT2D eigenvalue weighted by atomic mass is 32.2. The molecule has 0 aliphatic rings. The number of thioether (sulfide) groups is 1. The fraction of sp³-hybridized carbons (Fsp3) is 0.385. The minimum Gasteiger partial charge on any atom is -0.296 e. The third kappa shape index (κ3) is 10.6. The largest absolute Gasteiger partial charge is 0.296 e. The van der Waals surface area contributed by atoms with Crippen LogP contribution >= 0.6 is 23.1 Å². The molecule has 0 saturated heterocycles. The lowest BCUT2D eigenvalue weighted by Crippen LogP contribution is -2.22. The molecule has 1 aromatic heterocycles. The van der Waals surface area contributed by atoms with E-state index in [-0.39, 0.29) is 5.41 Å². The van der Waals surface area contributed by atoms with Crippen molar-refractivity contribution in [1.82, 2.24) is 4.90 Å². The highest BCUT2D eigenvalue weighted by Crippen LogP contribution is 2.16. The Hall–Kier alpha value is -1.73. The van der Waals surface area contributed by atoms with Gasteiger partial charge in [-0.25, -0.2) is 0 Å². The fourth-order valence-electron chi connectivity index (χ4n) is 2.70. The first-order valence-electron chi connectivity index (χ1n) is 10.2. The van der Waals surface area contributed by atoms with Crippen LogP contribution in [0, 0.1) is 17.3 Å². The number of thiophene rings is 1. The maximum absolute atomic E-state index is 3.25. The van der Waals surface area contributed by atoms with Crippen molar-refractivity contribution >= 4 is 29.2 Å². The first kappa shape index (κ1) is 23.5. The minimum absolute atomic E-state index is 0.0624. The molecule has 0 bridgehead atoms. The van der Waals surface area contributed by atoms with E-state index < -0.39 is 0 Å². The topological polar surface area (TPSA) is 3.24 Å². The molecule has 2 aromatic rings. The van der Waals surface area contributed by atoms with Crippen LogP contribution in [0.5, 0.6) is 0 Å². The normalized spacial score (nSPS) is 12.0. The highest BCUT2D eigenvalue weighted by Gasteiger charge is 2.04. The summed E-state index contributed by atoms with van der Waals surface area (Å²) in [5.41, 5.74) is 4.15. The number of allylic oxidation sites excluding steroid dienone is 1. The molecule has 29 heavy (non-hydrogen) atoms. The van der Waals surface area contributed by atoms with E-state index in [2.05, 4.69) is 104 Å². The molecule has 2 rings (SSSR count). The molecule has 1 heterocycles. The van der Waals surface area contributed by atoms with Gasteiger partial charge in [0.25, 0.3) is 0 Å². The number of rotatable bonds is 10. The van der Waals surface area contributed by atoms with Crippen LogP contribution in [-0.4, -0.2) is 23.7 Å². The first-order valence-corrected chi connectivity index (χ1v) is 12.3. The molecule has 0 fully saturated rings. The molecule has 0 saturated carbocycles. The van der Waals surface area contributed by atoms with Gasteiger partial charge in [-0.15, -0.1) is 0 Å². The van der Waals surface area contributed by atoms with E-state index in [1.807, 2.05) is 17.8 Å². The molecular formula is C26H33NS2. The Kier molecular flexibility index (Phi) is 10.4. The molecule has 1 aromatic carbocycles. The molecule has 0 spiro atoms. The molecule has 0 atom stereocenters. The van der Waals surface area contributed by atoms with Crippen LogP contribution in [0.25, 0.3) is 6.08 Å². The Morgan fingerprint density at radius 3 is 2.69 bits per heavy atom. The lowest BCUT2D eigenvalue weighted by molar-refractivity contribution is 0.311. The number of nitrogens with zero attached hydrogens (tertiary/aromatic N) is 1. The summed E-state index contributed by atoms with van der Waals surface area (Å²) in [6.07, 6.45) is 8.62. The van der Waals surface area contributed by atoms with Gasteiger partial charge in [0.05, 0.1) is 0 Å². The smallest absolute Gasteiger partial charge is 0.0237 e. The third-order valence-corrected chi connectivity index (χ3v) is 5.86. The Labute approximate surface area is 185 Å². The van der Waals surface area contributed by atoms with Crippen LogP contribution in [0.15, 0.2) is 59.3 Å². The molecule has 0 unspecified atom stereocenters. The maximum atomic E-state index is 3.25. The summed E-state index contributed by atoms with van der Waals surface area (Å²) >= 11 is 3.70. The van der Waals surface area contributed by atoms with Crippen molar-refractivity contribution in [3.05, 3.63) is 76.0 Å². The van der Waals surface area contributed by atoms with E-state index >= 15 is 0 Å². The molecular weight excluding hydrogens is 390 g/mol. The third-order valence-electron chi connectivity index (χ3n) is 4.19. The van der Waals surface area contributed by atoms with Gasteiger partial charge in [-0.2, -0.15) is 23.1 Å². The Morgan fingerprint density at radius 2 is 1.97 bits per heavy atom. The average Bonchev–Trinajstić information content (AvgIpc) is 3.19. The van der Waals surface area contributed by atoms with Crippen LogP contribution in [0.1, 0.15) is 44.4 Å². The van der Waals surface area contributed by atoms with Gasteiger partial charge >= 0.3 is 0 Å². The second-order valence-electron chi connectivity index (χ2n) is 8.04. The van der Waals surface area contributed by atoms with Crippen molar-refractivity contribution in [2.24, 2.45) is 5.41 Å². The zero-order chi connectivity index (χ0) is 21.0. The van der Waals surface area contributed by atoms with E-state index in [1.165, 1.54) is 16.7 Å².